The van der Waals surface area contributed by atoms with Gasteiger partial charge >= 0.3 is 5.97 Å². The summed E-state index contributed by atoms with van der Waals surface area (Å²) < 4.78 is 20.8. The lowest BCUT2D eigenvalue weighted by molar-refractivity contribution is -0.946. The number of benzene rings is 2. The molecule has 0 amide bonds. The smallest absolute Gasteiger partial charge is 0.331 e. The highest BCUT2D eigenvalue weighted by Gasteiger charge is 2.50. The number of ether oxygens (including phenoxy) is 1. The van der Waals surface area contributed by atoms with E-state index >= 15 is 0 Å². The van der Waals surface area contributed by atoms with E-state index in [1.54, 1.807) is 12.1 Å². The Bertz CT molecular complexity index is 965. The fourth-order valence-electron chi connectivity index (χ4n) is 6.47. The van der Waals surface area contributed by atoms with E-state index in [0.717, 1.165) is 81.4 Å². The van der Waals surface area contributed by atoms with E-state index in [-0.39, 0.29) is 17.9 Å². The molecule has 5 heteroatoms. The Hall–Kier alpha value is -2.24. The molecule has 6 rings (SSSR count). The summed E-state index contributed by atoms with van der Waals surface area (Å²) in [5, 5.41) is 0. The maximum Gasteiger partial charge on any atom is 0.331 e. The SMILES string of the molecule is C[C@@](C(=O)OC1C[N+]2(CCc3ccc(F)cc3)CCC1CC2)(c1ccccc1)N1CCCCC1. The molecule has 4 fully saturated rings. The zero-order valence-corrected chi connectivity index (χ0v) is 20.4. The first-order chi connectivity index (χ1) is 16.5. The van der Waals surface area contributed by atoms with Gasteiger partial charge in [0.2, 0.25) is 0 Å². The molecular weight excluding hydrogens is 427 g/mol. The van der Waals surface area contributed by atoms with Crippen molar-refractivity contribution in [1.29, 1.82) is 0 Å². The fraction of sp³-hybridized carbons (Fsp3) is 0.552. The summed E-state index contributed by atoms with van der Waals surface area (Å²) in [4.78, 5) is 16.3. The molecule has 4 saturated heterocycles. The van der Waals surface area contributed by atoms with Crippen LogP contribution in [0.15, 0.2) is 54.6 Å². The van der Waals surface area contributed by atoms with Crippen molar-refractivity contribution in [2.75, 3.05) is 39.3 Å². The molecule has 2 bridgehead atoms. The number of quaternary nitrogens is 1. The summed E-state index contributed by atoms with van der Waals surface area (Å²) in [5.41, 5.74) is 1.47. The van der Waals surface area contributed by atoms with Crippen LogP contribution >= 0.6 is 0 Å². The van der Waals surface area contributed by atoms with E-state index in [0.29, 0.717) is 5.92 Å². The third-order valence-corrected chi connectivity index (χ3v) is 8.81. The zero-order valence-electron chi connectivity index (χ0n) is 20.4. The second-order valence-corrected chi connectivity index (χ2v) is 10.8. The van der Waals surface area contributed by atoms with Crippen molar-refractivity contribution in [3.05, 3.63) is 71.5 Å². The minimum atomic E-state index is -0.743. The quantitative estimate of drug-likeness (QED) is 0.429. The zero-order chi connectivity index (χ0) is 23.6. The summed E-state index contributed by atoms with van der Waals surface area (Å²) in [5.74, 6) is 0.198. The number of esters is 1. The Labute approximate surface area is 203 Å². The van der Waals surface area contributed by atoms with Gasteiger partial charge in [-0.05, 0) is 56.1 Å². The number of likely N-dealkylation sites (tertiary alicyclic amines) is 1. The number of nitrogens with zero attached hydrogens (tertiary/aromatic N) is 2. The van der Waals surface area contributed by atoms with Crippen molar-refractivity contribution in [3.63, 3.8) is 0 Å². The molecular formula is C29H38FN2O2+. The second-order valence-electron chi connectivity index (χ2n) is 10.8. The lowest BCUT2D eigenvalue weighted by Crippen LogP contribution is -2.65. The monoisotopic (exact) mass is 465 g/mol. The van der Waals surface area contributed by atoms with E-state index in [4.69, 9.17) is 4.74 Å². The molecule has 4 heterocycles. The Kier molecular flexibility index (Phi) is 6.76. The number of hydrogen-bond donors (Lipinski definition) is 0. The summed E-state index contributed by atoms with van der Waals surface area (Å²) in [6, 6.07) is 17.1. The van der Waals surface area contributed by atoms with Gasteiger partial charge in [-0.3, -0.25) is 4.90 Å². The summed E-state index contributed by atoms with van der Waals surface area (Å²) in [7, 11) is 0. The number of piperidine rings is 4. The molecule has 0 N–H and O–H groups in total. The van der Waals surface area contributed by atoms with Crippen LogP contribution in [0.2, 0.25) is 0 Å². The van der Waals surface area contributed by atoms with E-state index in [9.17, 15) is 9.18 Å². The Morgan fingerprint density at radius 2 is 1.71 bits per heavy atom. The van der Waals surface area contributed by atoms with Gasteiger partial charge in [-0.25, -0.2) is 9.18 Å². The number of hydrogen-bond acceptors (Lipinski definition) is 3. The summed E-state index contributed by atoms with van der Waals surface area (Å²) >= 11 is 0. The van der Waals surface area contributed by atoms with Gasteiger partial charge in [-0.15, -0.1) is 0 Å². The minimum Gasteiger partial charge on any atom is -0.454 e. The molecule has 182 valence electrons. The lowest BCUT2D eigenvalue weighted by Gasteiger charge is -2.53. The second kappa shape index (κ2) is 9.79. The molecule has 2 atom stereocenters. The number of rotatable bonds is 7. The average molecular weight is 466 g/mol. The van der Waals surface area contributed by atoms with Crippen molar-refractivity contribution < 1.29 is 18.4 Å². The van der Waals surface area contributed by atoms with Crippen LogP contribution in [0.3, 0.4) is 0 Å². The van der Waals surface area contributed by atoms with E-state index in [1.165, 1.54) is 12.0 Å². The van der Waals surface area contributed by atoms with Crippen LogP contribution in [-0.2, 0) is 21.5 Å². The summed E-state index contributed by atoms with van der Waals surface area (Å²) in [6.45, 7) is 8.18. The van der Waals surface area contributed by atoms with Crippen LogP contribution in [-0.4, -0.2) is 60.7 Å². The standard InChI is InChI=1S/C29H38FN2O2/c1-29(25-8-4-2-5-9-25,31-17-6-3-7-18-31)28(33)34-27-22-32(20-15-24(27)16-21-32)19-14-23-10-12-26(30)13-11-23/h2,4-5,8-13,24,27H,3,6-7,14-22H2,1H3/q+1/t24?,27?,29-,32?/m0/s1. The molecule has 4 aliphatic heterocycles. The van der Waals surface area contributed by atoms with Crippen LogP contribution < -0.4 is 0 Å². The van der Waals surface area contributed by atoms with Crippen LogP contribution in [0.1, 0.15) is 50.2 Å². The molecule has 2 aromatic rings. The normalized spacial score (nSPS) is 28.9. The third kappa shape index (κ3) is 4.65. The lowest BCUT2D eigenvalue weighted by atomic mass is 9.82. The van der Waals surface area contributed by atoms with Gasteiger partial charge in [0.1, 0.15) is 17.9 Å². The third-order valence-electron chi connectivity index (χ3n) is 8.81. The van der Waals surface area contributed by atoms with Gasteiger partial charge < -0.3 is 9.22 Å². The minimum absolute atomic E-state index is 0.0176. The molecule has 0 aromatic heterocycles. The number of halogens is 1. The first-order valence-corrected chi connectivity index (χ1v) is 13.1. The number of carbonyl (C=O) groups is 1. The number of carbonyl (C=O) groups excluding carboxylic acids is 1. The average Bonchev–Trinajstić information content (AvgIpc) is 2.89. The highest BCUT2D eigenvalue weighted by Crippen LogP contribution is 2.39. The van der Waals surface area contributed by atoms with Gasteiger partial charge in [0.05, 0.1) is 19.6 Å². The van der Waals surface area contributed by atoms with Gasteiger partial charge in [-0.2, -0.15) is 0 Å². The Morgan fingerprint density at radius 1 is 1.03 bits per heavy atom. The maximum absolute atomic E-state index is 13.9. The van der Waals surface area contributed by atoms with E-state index in [2.05, 4.69) is 24.0 Å². The van der Waals surface area contributed by atoms with Crippen LogP contribution in [0, 0.1) is 11.7 Å². The van der Waals surface area contributed by atoms with Crippen molar-refractivity contribution in [2.45, 2.75) is 57.1 Å². The first kappa shape index (κ1) is 23.5. The molecule has 0 saturated carbocycles. The Balaban J connectivity index is 1.31. The maximum atomic E-state index is 13.9. The van der Waals surface area contributed by atoms with Crippen LogP contribution in [0.4, 0.5) is 4.39 Å². The predicted octanol–water partition coefficient (Wildman–Crippen LogP) is 4.92. The predicted molar refractivity (Wildman–Crippen MR) is 132 cm³/mol. The largest absolute Gasteiger partial charge is 0.454 e. The molecule has 1 unspecified atom stereocenters. The van der Waals surface area contributed by atoms with Gasteiger partial charge in [0.25, 0.3) is 0 Å². The molecule has 0 spiro atoms. The Morgan fingerprint density at radius 3 is 2.38 bits per heavy atom. The van der Waals surface area contributed by atoms with Crippen LogP contribution in [0.5, 0.6) is 0 Å². The van der Waals surface area contributed by atoms with E-state index in [1.807, 2.05) is 30.3 Å². The highest BCUT2D eigenvalue weighted by atomic mass is 19.1. The van der Waals surface area contributed by atoms with Crippen molar-refractivity contribution in [1.82, 2.24) is 4.90 Å². The van der Waals surface area contributed by atoms with Gasteiger partial charge in [0, 0.05) is 25.2 Å². The van der Waals surface area contributed by atoms with Crippen molar-refractivity contribution in [3.8, 4) is 0 Å². The highest BCUT2D eigenvalue weighted by molar-refractivity contribution is 5.82. The van der Waals surface area contributed by atoms with Crippen LogP contribution in [0.25, 0.3) is 0 Å². The van der Waals surface area contributed by atoms with Gasteiger partial charge in [0.15, 0.2) is 6.10 Å². The van der Waals surface area contributed by atoms with Crippen molar-refractivity contribution >= 4 is 5.97 Å². The van der Waals surface area contributed by atoms with Gasteiger partial charge in [-0.1, -0.05) is 48.9 Å². The van der Waals surface area contributed by atoms with E-state index < -0.39 is 5.54 Å². The topological polar surface area (TPSA) is 29.5 Å². The first-order valence-electron chi connectivity index (χ1n) is 13.1. The molecule has 0 aliphatic carbocycles. The fourth-order valence-corrected chi connectivity index (χ4v) is 6.47. The number of fused-ring (bicyclic) bond motifs is 3. The molecule has 34 heavy (non-hydrogen) atoms. The van der Waals surface area contributed by atoms with Crippen molar-refractivity contribution in [2.24, 2.45) is 5.92 Å². The molecule has 0 radical (unpaired) electrons. The molecule has 4 nitrogen and oxygen atoms in total. The molecule has 2 aromatic carbocycles. The summed E-state index contributed by atoms with van der Waals surface area (Å²) in [6.07, 6.45) is 6.64. The molecule has 4 aliphatic rings.